The molecular formula is C19H25N5O3. The molecule has 0 bridgehead atoms. The van der Waals surface area contributed by atoms with Crippen LogP contribution in [0, 0.1) is 5.92 Å². The summed E-state index contributed by atoms with van der Waals surface area (Å²) in [5, 5.41) is 3.25. The van der Waals surface area contributed by atoms with Crippen molar-refractivity contribution in [3.63, 3.8) is 0 Å². The lowest BCUT2D eigenvalue weighted by atomic mass is 10.0. The SMILES string of the molecule is CC1C=CC(Cn2c(=O)[nH]c3c(N)nc(OCC4CCOCC4)cc32)=CN1. The number of fused-ring (bicyclic) bond motifs is 1. The summed E-state index contributed by atoms with van der Waals surface area (Å²) in [5.41, 5.74) is 8.10. The first-order valence-corrected chi connectivity index (χ1v) is 9.33. The fourth-order valence-electron chi connectivity index (χ4n) is 3.39. The van der Waals surface area contributed by atoms with Crippen LogP contribution in [0.3, 0.4) is 0 Å². The molecule has 0 saturated carbocycles. The van der Waals surface area contributed by atoms with Crippen LogP contribution >= 0.6 is 0 Å². The summed E-state index contributed by atoms with van der Waals surface area (Å²) in [5.74, 6) is 1.17. The zero-order valence-corrected chi connectivity index (χ0v) is 15.4. The van der Waals surface area contributed by atoms with E-state index < -0.39 is 0 Å². The summed E-state index contributed by atoms with van der Waals surface area (Å²) < 4.78 is 12.9. The molecule has 4 N–H and O–H groups in total. The van der Waals surface area contributed by atoms with E-state index in [4.69, 9.17) is 15.2 Å². The molecule has 8 nitrogen and oxygen atoms in total. The molecule has 0 amide bonds. The highest BCUT2D eigenvalue weighted by Crippen LogP contribution is 2.24. The number of dihydropyridines is 1. The second-order valence-corrected chi connectivity index (χ2v) is 7.16. The maximum Gasteiger partial charge on any atom is 0.326 e. The number of hydrogen-bond acceptors (Lipinski definition) is 6. The van der Waals surface area contributed by atoms with Gasteiger partial charge in [-0.25, -0.2) is 4.79 Å². The Labute approximate surface area is 157 Å². The molecule has 2 aliphatic heterocycles. The molecular weight excluding hydrogens is 346 g/mol. The van der Waals surface area contributed by atoms with Crippen molar-refractivity contribution in [2.45, 2.75) is 32.4 Å². The fraction of sp³-hybridized carbons (Fsp3) is 0.474. The average Bonchev–Trinajstić information content (AvgIpc) is 2.99. The third kappa shape index (κ3) is 3.85. The van der Waals surface area contributed by atoms with Crippen LogP contribution in [-0.2, 0) is 11.3 Å². The van der Waals surface area contributed by atoms with Crippen LogP contribution in [0.15, 0.2) is 34.8 Å². The van der Waals surface area contributed by atoms with E-state index in [1.54, 1.807) is 10.6 Å². The normalized spacial score (nSPS) is 20.5. The van der Waals surface area contributed by atoms with Crippen LogP contribution in [0.25, 0.3) is 11.0 Å². The molecule has 0 radical (unpaired) electrons. The number of pyridine rings is 1. The Morgan fingerprint density at radius 3 is 2.96 bits per heavy atom. The number of nitrogens with two attached hydrogens (primary N) is 1. The van der Waals surface area contributed by atoms with Crippen molar-refractivity contribution in [2.24, 2.45) is 5.92 Å². The van der Waals surface area contributed by atoms with Crippen LogP contribution in [0.5, 0.6) is 5.88 Å². The molecule has 27 heavy (non-hydrogen) atoms. The zero-order chi connectivity index (χ0) is 18.8. The predicted octanol–water partition coefficient (Wildman–Crippen LogP) is 1.54. The second-order valence-electron chi connectivity index (χ2n) is 7.16. The number of imidazole rings is 1. The Morgan fingerprint density at radius 2 is 2.22 bits per heavy atom. The van der Waals surface area contributed by atoms with E-state index in [9.17, 15) is 4.79 Å². The first-order valence-electron chi connectivity index (χ1n) is 9.33. The minimum Gasteiger partial charge on any atom is -0.477 e. The molecule has 4 rings (SSSR count). The molecule has 144 valence electrons. The Morgan fingerprint density at radius 1 is 1.41 bits per heavy atom. The number of rotatable bonds is 5. The van der Waals surface area contributed by atoms with Crippen LogP contribution < -0.4 is 21.5 Å². The van der Waals surface area contributed by atoms with Crippen molar-refractivity contribution < 1.29 is 9.47 Å². The first kappa shape index (κ1) is 17.7. The van der Waals surface area contributed by atoms with E-state index in [1.165, 1.54) is 0 Å². The maximum absolute atomic E-state index is 12.4. The van der Waals surface area contributed by atoms with Crippen molar-refractivity contribution in [3.05, 3.63) is 40.5 Å². The van der Waals surface area contributed by atoms with Gasteiger partial charge in [-0.15, -0.1) is 0 Å². The Balaban J connectivity index is 1.58. The molecule has 1 atom stereocenters. The van der Waals surface area contributed by atoms with Gasteiger partial charge in [0.05, 0.1) is 18.7 Å². The lowest BCUT2D eigenvalue weighted by Gasteiger charge is -2.21. The maximum atomic E-state index is 12.4. The molecule has 2 aromatic heterocycles. The van der Waals surface area contributed by atoms with Crippen LogP contribution in [0.1, 0.15) is 19.8 Å². The molecule has 1 saturated heterocycles. The summed E-state index contributed by atoms with van der Waals surface area (Å²) >= 11 is 0. The monoisotopic (exact) mass is 371 g/mol. The Kier molecular flexibility index (Phi) is 4.89. The van der Waals surface area contributed by atoms with E-state index >= 15 is 0 Å². The van der Waals surface area contributed by atoms with E-state index in [-0.39, 0.29) is 11.5 Å². The van der Waals surface area contributed by atoms with Crippen molar-refractivity contribution >= 4 is 16.9 Å². The number of H-pyrrole nitrogens is 1. The number of aromatic amines is 1. The van der Waals surface area contributed by atoms with Gasteiger partial charge in [0.1, 0.15) is 5.52 Å². The van der Waals surface area contributed by atoms with Gasteiger partial charge in [0.15, 0.2) is 5.82 Å². The van der Waals surface area contributed by atoms with Crippen LogP contribution in [-0.4, -0.2) is 40.4 Å². The highest BCUT2D eigenvalue weighted by atomic mass is 16.5. The molecule has 0 aromatic carbocycles. The number of aromatic nitrogens is 3. The number of ether oxygens (including phenoxy) is 2. The van der Waals surface area contributed by atoms with Crippen LogP contribution in [0.2, 0.25) is 0 Å². The van der Waals surface area contributed by atoms with Gasteiger partial charge in [-0.3, -0.25) is 4.57 Å². The van der Waals surface area contributed by atoms with Gasteiger partial charge in [-0.05, 0) is 31.3 Å². The summed E-state index contributed by atoms with van der Waals surface area (Å²) in [7, 11) is 0. The number of nitrogens with one attached hydrogen (secondary N) is 2. The van der Waals surface area contributed by atoms with Crippen molar-refractivity contribution in [2.75, 3.05) is 25.6 Å². The van der Waals surface area contributed by atoms with Crippen LogP contribution in [0.4, 0.5) is 5.82 Å². The van der Waals surface area contributed by atoms with Gasteiger partial charge < -0.3 is 25.5 Å². The van der Waals surface area contributed by atoms with Gasteiger partial charge >= 0.3 is 5.69 Å². The van der Waals surface area contributed by atoms with E-state index in [2.05, 4.69) is 28.3 Å². The third-order valence-electron chi connectivity index (χ3n) is 5.05. The second kappa shape index (κ2) is 7.48. The molecule has 0 spiro atoms. The van der Waals surface area contributed by atoms with E-state index in [0.717, 1.165) is 31.6 Å². The summed E-state index contributed by atoms with van der Waals surface area (Å²) in [6, 6.07) is 2.07. The van der Waals surface area contributed by atoms with E-state index in [1.807, 2.05) is 12.3 Å². The summed E-state index contributed by atoms with van der Waals surface area (Å²) in [4.78, 5) is 19.5. The van der Waals surface area contributed by atoms with Crippen molar-refractivity contribution in [1.29, 1.82) is 0 Å². The van der Waals surface area contributed by atoms with Crippen molar-refractivity contribution in [1.82, 2.24) is 19.9 Å². The number of nitrogens with zero attached hydrogens (tertiary/aromatic N) is 2. The molecule has 1 unspecified atom stereocenters. The molecule has 4 heterocycles. The summed E-state index contributed by atoms with van der Waals surface area (Å²) in [6.07, 6.45) is 7.99. The zero-order valence-electron chi connectivity index (χ0n) is 15.4. The highest BCUT2D eigenvalue weighted by Gasteiger charge is 2.17. The largest absolute Gasteiger partial charge is 0.477 e. The minimum atomic E-state index is -0.215. The number of hydrogen-bond donors (Lipinski definition) is 3. The number of nitrogen functional groups attached to an aromatic ring is 1. The topological polar surface area (TPSA) is 107 Å². The van der Waals surface area contributed by atoms with Gasteiger partial charge in [0.25, 0.3) is 0 Å². The Hall–Kier alpha value is -2.74. The standard InChI is InChI=1S/C19H25N5O3/c1-12-2-3-14(9-21-12)10-24-15-8-16(22-18(20)17(15)23-19(24)25)27-11-13-4-6-26-7-5-13/h2-3,8-9,12-13,21H,4-7,10-11H2,1H3,(H2,20,22)(H,23,25). The molecule has 2 aliphatic rings. The number of anilines is 1. The number of allylic oxidation sites excluding steroid dienone is 2. The molecule has 0 aliphatic carbocycles. The molecule has 8 heteroatoms. The lowest BCUT2D eigenvalue weighted by molar-refractivity contribution is 0.0491. The first-order chi connectivity index (χ1) is 13.1. The minimum absolute atomic E-state index is 0.215. The molecule has 1 fully saturated rings. The smallest absolute Gasteiger partial charge is 0.326 e. The predicted molar refractivity (Wildman–Crippen MR) is 104 cm³/mol. The molecule has 2 aromatic rings. The van der Waals surface area contributed by atoms with Gasteiger partial charge in [0.2, 0.25) is 5.88 Å². The average molecular weight is 371 g/mol. The van der Waals surface area contributed by atoms with E-state index in [0.29, 0.717) is 42.0 Å². The Bertz CT molecular complexity index is 937. The third-order valence-corrected chi connectivity index (χ3v) is 5.05. The highest BCUT2D eigenvalue weighted by molar-refractivity contribution is 5.85. The van der Waals surface area contributed by atoms with Gasteiger partial charge in [0, 0.05) is 31.5 Å². The fourth-order valence-corrected chi connectivity index (χ4v) is 3.39. The lowest BCUT2D eigenvalue weighted by Crippen LogP contribution is -2.24. The van der Waals surface area contributed by atoms with Crippen molar-refractivity contribution in [3.8, 4) is 5.88 Å². The summed E-state index contributed by atoms with van der Waals surface area (Å²) in [6.45, 7) is 4.63. The van der Waals surface area contributed by atoms with Gasteiger partial charge in [-0.1, -0.05) is 12.2 Å². The quantitative estimate of drug-likeness (QED) is 0.736. The van der Waals surface area contributed by atoms with Gasteiger partial charge in [-0.2, -0.15) is 4.98 Å².